The van der Waals surface area contributed by atoms with E-state index in [1.165, 1.54) is 36.2 Å². The molecule has 98 valence electrons. The number of rotatable bonds is 2. The molecule has 2 rings (SSSR count). The summed E-state index contributed by atoms with van der Waals surface area (Å²) >= 11 is 5.85. The molecule has 1 amide bonds. The summed E-state index contributed by atoms with van der Waals surface area (Å²) in [7, 11) is 1.50. The molecule has 0 aliphatic rings. The summed E-state index contributed by atoms with van der Waals surface area (Å²) in [6.45, 7) is 0. The topological polar surface area (TPSA) is 46.3 Å². The molecular formula is C14H12ClFN2O. The second-order valence-corrected chi connectivity index (χ2v) is 4.53. The Morgan fingerprint density at radius 3 is 2.58 bits per heavy atom. The van der Waals surface area contributed by atoms with E-state index in [9.17, 15) is 9.18 Å². The van der Waals surface area contributed by atoms with Gasteiger partial charge in [-0.05, 0) is 30.3 Å². The third-order valence-electron chi connectivity index (χ3n) is 2.69. The summed E-state index contributed by atoms with van der Waals surface area (Å²) in [6.07, 6.45) is 0. The van der Waals surface area contributed by atoms with Gasteiger partial charge in [0, 0.05) is 23.3 Å². The molecule has 0 aliphatic carbocycles. The Labute approximate surface area is 115 Å². The van der Waals surface area contributed by atoms with Gasteiger partial charge in [-0.2, -0.15) is 0 Å². The molecule has 3 nitrogen and oxygen atoms in total. The van der Waals surface area contributed by atoms with Crippen LogP contribution in [0.25, 0.3) is 0 Å². The van der Waals surface area contributed by atoms with Crippen LogP contribution in [0.15, 0.2) is 42.5 Å². The average Bonchev–Trinajstić information content (AvgIpc) is 2.36. The van der Waals surface area contributed by atoms with Crippen LogP contribution in [0.4, 0.5) is 15.8 Å². The maximum Gasteiger partial charge on any atom is 0.258 e. The van der Waals surface area contributed by atoms with Gasteiger partial charge in [0.2, 0.25) is 0 Å². The second-order valence-electron chi connectivity index (χ2n) is 4.09. The van der Waals surface area contributed by atoms with E-state index in [-0.39, 0.29) is 11.6 Å². The lowest BCUT2D eigenvalue weighted by Crippen LogP contribution is -2.27. The fourth-order valence-corrected chi connectivity index (χ4v) is 2.01. The van der Waals surface area contributed by atoms with Gasteiger partial charge in [-0.25, -0.2) is 4.39 Å². The van der Waals surface area contributed by atoms with Crippen LogP contribution in [0.5, 0.6) is 0 Å². The molecule has 5 heteroatoms. The predicted molar refractivity (Wildman–Crippen MR) is 75.0 cm³/mol. The van der Waals surface area contributed by atoms with Crippen molar-refractivity contribution in [3.05, 3.63) is 58.9 Å². The molecule has 2 N–H and O–H groups in total. The number of anilines is 2. The number of hydrogen-bond acceptors (Lipinski definition) is 2. The van der Waals surface area contributed by atoms with Crippen LogP contribution in [0, 0.1) is 5.82 Å². The number of halogens is 2. The minimum Gasteiger partial charge on any atom is -0.399 e. The molecule has 2 aromatic rings. The number of para-hydroxylation sites is 1. The summed E-state index contributed by atoms with van der Waals surface area (Å²) in [5.41, 5.74) is 6.54. The van der Waals surface area contributed by atoms with E-state index < -0.39 is 5.82 Å². The lowest BCUT2D eigenvalue weighted by Gasteiger charge is -2.18. The minimum absolute atomic E-state index is 0.200. The largest absolute Gasteiger partial charge is 0.399 e. The predicted octanol–water partition coefficient (Wildman–Crippen LogP) is 3.34. The van der Waals surface area contributed by atoms with Gasteiger partial charge in [0.15, 0.2) is 0 Å². The van der Waals surface area contributed by atoms with E-state index in [1.807, 2.05) is 0 Å². The van der Waals surface area contributed by atoms with Crippen LogP contribution in [0.1, 0.15) is 10.4 Å². The van der Waals surface area contributed by atoms with Gasteiger partial charge >= 0.3 is 0 Å². The molecular weight excluding hydrogens is 267 g/mol. The van der Waals surface area contributed by atoms with Gasteiger partial charge in [-0.1, -0.05) is 23.7 Å². The van der Waals surface area contributed by atoms with Crippen molar-refractivity contribution in [2.75, 3.05) is 17.7 Å². The molecule has 0 spiro atoms. The Bertz CT molecular complexity index is 610. The first-order chi connectivity index (χ1) is 8.99. The monoisotopic (exact) mass is 278 g/mol. The number of carbonyl (C=O) groups excluding carboxylic acids is 1. The van der Waals surface area contributed by atoms with Crippen molar-refractivity contribution in [3.63, 3.8) is 0 Å². The highest BCUT2D eigenvalue weighted by Gasteiger charge is 2.17. The van der Waals surface area contributed by atoms with Crippen LogP contribution in [-0.4, -0.2) is 13.0 Å². The minimum atomic E-state index is -0.464. The second kappa shape index (κ2) is 5.28. The third-order valence-corrected chi connectivity index (χ3v) is 2.90. The standard InChI is InChI=1S/C14H12ClFN2O/c1-18(13-5-3-2-4-12(13)16)14(19)9-6-10(15)8-11(17)7-9/h2-8H,17H2,1H3. The SMILES string of the molecule is CN(C(=O)c1cc(N)cc(Cl)c1)c1ccccc1F. The Hall–Kier alpha value is -2.07. The molecule has 0 atom stereocenters. The summed E-state index contributed by atoms with van der Waals surface area (Å²) in [6, 6.07) is 10.6. The molecule has 0 saturated carbocycles. The highest BCUT2D eigenvalue weighted by atomic mass is 35.5. The van der Waals surface area contributed by atoms with E-state index >= 15 is 0 Å². The molecule has 0 bridgehead atoms. The Kier molecular flexibility index (Phi) is 3.71. The van der Waals surface area contributed by atoms with E-state index in [1.54, 1.807) is 18.2 Å². The van der Waals surface area contributed by atoms with Crippen LogP contribution in [0.3, 0.4) is 0 Å². The molecule has 0 heterocycles. The maximum absolute atomic E-state index is 13.6. The van der Waals surface area contributed by atoms with Gasteiger partial charge in [0.05, 0.1) is 5.69 Å². The number of nitrogens with zero attached hydrogens (tertiary/aromatic N) is 1. The lowest BCUT2D eigenvalue weighted by atomic mass is 10.1. The van der Waals surface area contributed by atoms with Crippen LogP contribution >= 0.6 is 11.6 Å². The lowest BCUT2D eigenvalue weighted by molar-refractivity contribution is 0.0992. The number of amides is 1. The molecule has 0 radical (unpaired) electrons. The van der Waals surface area contributed by atoms with Crippen molar-refractivity contribution in [2.45, 2.75) is 0 Å². The number of carbonyl (C=O) groups is 1. The zero-order valence-electron chi connectivity index (χ0n) is 10.2. The zero-order chi connectivity index (χ0) is 14.0. The number of nitrogens with two attached hydrogens (primary N) is 1. The third kappa shape index (κ3) is 2.85. The molecule has 19 heavy (non-hydrogen) atoms. The smallest absolute Gasteiger partial charge is 0.258 e. The fourth-order valence-electron chi connectivity index (χ4n) is 1.76. The van der Waals surface area contributed by atoms with E-state index in [0.717, 1.165) is 0 Å². The number of nitrogen functional groups attached to an aromatic ring is 1. The molecule has 0 saturated heterocycles. The van der Waals surface area contributed by atoms with Crippen molar-refractivity contribution in [3.8, 4) is 0 Å². The van der Waals surface area contributed by atoms with Crippen LogP contribution < -0.4 is 10.6 Å². The summed E-state index contributed by atoms with van der Waals surface area (Å²) < 4.78 is 13.6. The molecule has 0 aromatic heterocycles. The fraction of sp³-hybridized carbons (Fsp3) is 0.0714. The van der Waals surface area contributed by atoms with Crippen LogP contribution in [0.2, 0.25) is 5.02 Å². The van der Waals surface area contributed by atoms with Gasteiger partial charge < -0.3 is 10.6 Å². The number of hydrogen-bond donors (Lipinski definition) is 1. The first kappa shape index (κ1) is 13.4. The number of benzene rings is 2. The van der Waals surface area contributed by atoms with Crippen molar-refractivity contribution >= 4 is 28.9 Å². The molecule has 2 aromatic carbocycles. The van der Waals surface area contributed by atoms with Crippen molar-refractivity contribution in [1.29, 1.82) is 0 Å². The Morgan fingerprint density at radius 2 is 1.95 bits per heavy atom. The molecule has 0 aliphatic heterocycles. The highest BCUT2D eigenvalue weighted by Crippen LogP contribution is 2.22. The molecule has 0 fully saturated rings. The average molecular weight is 279 g/mol. The van der Waals surface area contributed by atoms with Crippen LogP contribution in [-0.2, 0) is 0 Å². The summed E-state index contributed by atoms with van der Waals surface area (Å²) in [5.74, 6) is -0.840. The van der Waals surface area contributed by atoms with Gasteiger partial charge in [0.25, 0.3) is 5.91 Å². The van der Waals surface area contributed by atoms with E-state index in [0.29, 0.717) is 16.3 Å². The molecule has 0 unspecified atom stereocenters. The van der Waals surface area contributed by atoms with Crippen molar-refractivity contribution in [2.24, 2.45) is 0 Å². The quantitative estimate of drug-likeness (QED) is 0.857. The Morgan fingerprint density at radius 1 is 1.26 bits per heavy atom. The van der Waals surface area contributed by atoms with Crippen molar-refractivity contribution < 1.29 is 9.18 Å². The summed E-state index contributed by atoms with van der Waals surface area (Å²) in [5, 5.41) is 0.366. The van der Waals surface area contributed by atoms with E-state index in [4.69, 9.17) is 17.3 Å². The first-order valence-electron chi connectivity index (χ1n) is 5.57. The van der Waals surface area contributed by atoms with Crippen molar-refractivity contribution in [1.82, 2.24) is 0 Å². The Balaban J connectivity index is 2.36. The van der Waals surface area contributed by atoms with Gasteiger partial charge in [0.1, 0.15) is 5.82 Å². The van der Waals surface area contributed by atoms with Gasteiger partial charge in [-0.15, -0.1) is 0 Å². The zero-order valence-corrected chi connectivity index (χ0v) is 11.0. The van der Waals surface area contributed by atoms with E-state index in [2.05, 4.69) is 0 Å². The summed E-state index contributed by atoms with van der Waals surface area (Å²) in [4.78, 5) is 13.5. The highest BCUT2D eigenvalue weighted by molar-refractivity contribution is 6.31. The normalized spacial score (nSPS) is 10.3. The van der Waals surface area contributed by atoms with Gasteiger partial charge in [-0.3, -0.25) is 4.79 Å². The first-order valence-corrected chi connectivity index (χ1v) is 5.95. The maximum atomic E-state index is 13.6.